The highest BCUT2D eigenvalue weighted by molar-refractivity contribution is 7.11. The number of nitrogens with one attached hydrogen (secondary N) is 1. The Morgan fingerprint density at radius 1 is 1.54 bits per heavy atom. The molecule has 1 aromatic heterocycles. The van der Waals surface area contributed by atoms with E-state index in [0.717, 1.165) is 6.54 Å². The Morgan fingerprint density at radius 2 is 2.31 bits per heavy atom. The monoisotopic (exact) mass is 201 g/mol. The van der Waals surface area contributed by atoms with Crippen LogP contribution in [0.25, 0.3) is 0 Å². The molecular weight excluding hydrogens is 186 g/mol. The average molecular weight is 201 g/mol. The van der Waals surface area contributed by atoms with Gasteiger partial charge in [-0.1, -0.05) is 0 Å². The summed E-state index contributed by atoms with van der Waals surface area (Å²) in [5, 5.41) is 20.6. The van der Waals surface area contributed by atoms with E-state index in [1.54, 1.807) is 11.3 Å². The molecule has 0 aliphatic rings. The maximum absolute atomic E-state index is 9.03. The second kappa shape index (κ2) is 5.34. The lowest BCUT2D eigenvalue weighted by Gasteiger charge is -2.07. The fourth-order valence-electron chi connectivity index (χ4n) is 1.01. The molecule has 0 spiro atoms. The third-order valence-corrected chi connectivity index (χ3v) is 2.69. The van der Waals surface area contributed by atoms with E-state index in [4.69, 9.17) is 10.2 Å². The van der Waals surface area contributed by atoms with Gasteiger partial charge in [0.05, 0.1) is 12.7 Å². The first kappa shape index (κ1) is 10.7. The van der Waals surface area contributed by atoms with E-state index < -0.39 is 6.10 Å². The zero-order valence-electron chi connectivity index (χ0n) is 7.66. The van der Waals surface area contributed by atoms with Gasteiger partial charge in [0.2, 0.25) is 0 Å². The van der Waals surface area contributed by atoms with Gasteiger partial charge in [0.1, 0.15) is 0 Å². The maximum Gasteiger partial charge on any atom is 0.0895 e. The Bertz CT molecular complexity index is 250. The first-order valence-corrected chi connectivity index (χ1v) is 5.09. The highest BCUT2D eigenvalue weighted by atomic mass is 32.1. The van der Waals surface area contributed by atoms with Gasteiger partial charge in [-0.05, 0) is 19.1 Å². The van der Waals surface area contributed by atoms with Crippen molar-refractivity contribution in [3.63, 3.8) is 0 Å². The number of hydrogen-bond acceptors (Lipinski definition) is 4. The summed E-state index contributed by atoms with van der Waals surface area (Å²) in [6, 6.07) is 4.14. The molecule has 0 unspecified atom stereocenters. The smallest absolute Gasteiger partial charge is 0.0895 e. The quantitative estimate of drug-likeness (QED) is 0.650. The number of aliphatic hydroxyl groups is 2. The minimum Gasteiger partial charge on any atom is -0.394 e. The van der Waals surface area contributed by atoms with Crippen molar-refractivity contribution in [1.29, 1.82) is 0 Å². The van der Waals surface area contributed by atoms with Crippen LogP contribution in [-0.2, 0) is 6.54 Å². The van der Waals surface area contributed by atoms with Gasteiger partial charge >= 0.3 is 0 Å². The van der Waals surface area contributed by atoms with E-state index in [2.05, 4.69) is 24.4 Å². The molecule has 0 saturated carbocycles. The molecule has 13 heavy (non-hydrogen) atoms. The number of aliphatic hydroxyl groups excluding tert-OH is 2. The summed E-state index contributed by atoms with van der Waals surface area (Å²) in [5.41, 5.74) is 0. The minimum atomic E-state index is -0.652. The zero-order valence-corrected chi connectivity index (χ0v) is 8.47. The fourth-order valence-corrected chi connectivity index (χ4v) is 1.87. The number of aryl methyl sites for hydroxylation is 1. The maximum atomic E-state index is 9.03. The fraction of sp³-hybridized carbons (Fsp3) is 0.556. The summed E-state index contributed by atoms with van der Waals surface area (Å²) in [4.78, 5) is 2.54. The Hall–Kier alpha value is -0.420. The lowest BCUT2D eigenvalue weighted by atomic mass is 10.3. The van der Waals surface area contributed by atoms with Crippen LogP contribution in [-0.4, -0.2) is 29.5 Å². The second-order valence-electron chi connectivity index (χ2n) is 2.98. The van der Waals surface area contributed by atoms with Crippen molar-refractivity contribution in [2.24, 2.45) is 0 Å². The van der Waals surface area contributed by atoms with Gasteiger partial charge in [-0.2, -0.15) is 0 Å². The molecule has 74 valence electrons. The molecule has 0 aliphatic heterocycles. The van der Waals surface area contributed by atoms with Crippen molar-refractivity contribution in [2.75, 3.05) is 13.2 Å². The third kappa shape index (κ3) is 3.87. The van der Waals surface area contributed by atoms with Gasteiger partial charge in [-0.15, -0.1) is 11.3 Å². The summed E-state index contributed by atoms with van der Waals surface area (Å²) < 4.78 is 0. The molecular formula is C9H15NO2S. The van der Waals surface area contributed by atoms with E-state index in [0.29, 0.717) is 6.54 Å². The lowest BCUT2D eigenvalue weighted by molar-refractivity contribution is 0.0943. The van der Waals surface area contributed by atoms with Crippen molar-refractivity contribution in [2.45, 2.75) is 19.6 Å². The van der Waals surface area contributed by atoms with Crippen LogP contribution in [0.4, 0.5) is 0 Å². The predicted octanol–water partition coefficient (Wildman–Crippen LogP) is 0.499. The molecule has 0 aliphatic carbocycles. The Balaban J connectivity index is 2.20. The Labute approximate surface area is 82.0 Å². The molecule has 0 bridgehead atoms. The largest absolute Gasteiger partial charge is 0.394 e. The topological polar surface area (TPSA) is 52.5 Å². The van der Waals surface area contributed by atoms with Crippen LogP contribution in [0.5, 0.6) is 0 Å². The standard InChI is InChI=1S/C9H15NO2S/c1-7-2-3-9(13-7)5-10-4-8(12)6-11/h2-3,8,10-12H,4-6H2,1H3/t8-/m1/s1. The van der Waals surface area contributed by atoms with E-state index in [-0.39, 0.29) is 6.61 Å². The number of hydrogen-bond donors (Lipinski definition) is 3. The van der Waals surface area contributed by atoms with Crippen molar-refractivity contribution >= 4 is 11.3 Å². The molecule has 4 heteroatoms. The molecule has 3 N–H and O–H groups in total. The molecule has 0 amide bonds. The Kier molecular flexibility index (Phi) is 4.38. The van der Waals surface area contributed by atoms with Crippen LogP contribution in [0, 0.1) is 6.92 Å². The van der Waals surface area contributed by atoms with Crippen LogP contribution in [0.3, 0.4) is 0 Å². The van der Waals surface area contributed by atoms with E-state index in [9.17, 15) is 0 Å². The van der Waals surface area contributed by atoms with Gasteiger partial charge in [-0.25, -0.2) is 0 Å². The van der Waals surface area contributed by atoms with Crippen molar-refractivity contribution in [3.8, 4) is 0 Å². The van der Waals surface area contributed by atoms with Crippen molar-refractivity contribution in [1.82, 2.24) is 5.32 Å². The normalized spacial score (nSPS) is 13.2. The van der Waals surface area contributed by atoms with Gasteiger partial charge in [0.15, 0.2) is 0 Å². The summed E-state index contributed by atoms with van der Waals surface area (Å²) in [6.45, 7) is 3.08. The summed E-state index contributed by atoms with van der Waals surface area (Å²) in [5.74, 6) is 0. The zero-order chi connectivity index (χ0) is 9.68. The van der Waals surface area contributed by atoms with Gasteiger partial charge in [0, 0.05) is 22.8 Å². The van der Waals surface area contributed by atoms with Crippen LogP contribution < -0.4 is 5.32 Å². The number of thiophene rings is 1. The van der Waals surface area contributed by atoms with Crippen LogP contribution in [0.15, 0.2) is 12.1 Å². The minimum absolute atomic E-state index is 0.184. The van der Waals surface area contributed by atoms with Crippen LogP contribution >= 0.6 is 11.3 Å². The van der Waals surface area contributed by atoms with Crippen LogP contribution in [0.1, 0.15) is 9.75 Å². The number of rotatable bonds is 5. The SMILES string of the molecule is Cc1ccc(CNC[C@@H](O)CO)s1. The Morgan fingerprint density at radius 3 is 2.85 bits per heavy atom. The van der Waals surface area contributed by atoms with Crippen LogP contribution in [0.2, 0.25) is 0 Å². The first-order chi connectivity index (χ1) is 6.22. The molecule has 0 radical (unpaired) electrons. The van der Waals surface area contributed by atoms with E-state index in [1.165, 1.54) is 9.75 Å². The lowest BCUT2D eigenvalue weighted by Crippen LogP contribution is -2.28. The molecule has 0 aromatic carbocycles. The molecule has 1 rings (SSSR count). The molecule has 1 heterocycles. The summed E-state index contributed by atoms with van der Waals surface area (Å²) in [7, 11) is 0. The highest BCUT2D eigenvalue weighted by Gasteiger charge is 2.01. The second-order valence-corrected chi connectivity index (χ2v) is 4.35. The first-order valence-electron chi connectivity index (χ1n) is 4.27. The molecule has 0 saturated heterocycles. The van der Waals surface area contributed by atoms with E-state index >= 15 is 0 Å². The molecule has 1 atom stereocenters. The summed E-state index contributed by atoms with van der Waals surface area (Å²) >= 11 is 1.74. The molecule has 3 nitrogen and oxygen atoms in total. The molecule has 0 fully saturated rings. The predicted molar refractivity (Wildman–Crippen MR) is 53.9 cm³/mol. The van der Waals surface area contributed by atoms with Crippen molar-refractivity contribution < 1.29 is 10.2 Å². The highest BCUT2D eigenvalue weighted by Crippen LogP contribution is 2.14. The van der Waals surface area contributed by atoms with Gasteiger partial charge in [-0.3, -0.25) is 0 Å². The molecule has 1 aromatic rings. The van der Waals surface area contributed by atoms with E-state index in [1.807, 2.05) is 0 Å². The van der Waals surface area contributed by atoms with Gasteiger partial charge in [0.25, 0.3) is 0 Å². The summed E-state index contributed by atoms with van der Waals surface area (Å²) in [6.07, 6.45) is -0.652. The third-order valence-electron chi connectivity index (χ3n) is 1.69. The average Bonchev–Trinajstić information content (AvgIpc) is 2.51. The van der Waals surface area contributed by atoms with Gasteiger partial charge < -0.3 is 15.5 Å². The van der Waals surface area contributed by atoms with Crippen molar-refractivity contribution in [3.05, 3.63) is 21.9 Å².